The van der Waals surface area contributed by atoms with Gasteiger partial charge in [-0.25, -0.2) is 4.57 Å². The van der Waals surface area contributed by atoms with Gasteiger partial charge in [-0.3, -0.25) is 4.90 Å². The Labute approximate surface area is 122 Å². The number of imidazole rings is 1. The third-order valence-electron chi connectivity index (χ3n) is 2.57. The normalized spacial score (nSPS) is 12.2. The quantitative estimate of drug-likeness (QED) is 0.389. The summed E-state index contributed by atoms with van der Waals surface area (Å²) < 4.78 is 1.25. The van der Waals surface area contributed by atoms with E-state index in [1.54, 1.807) is 4.90 Å². The number of aliphatic hydroxyl groups excluding tert-OH is 3. The number of halogens is 1. The standard InChI is InChI=1S/C10H18N4O5.ClH/c15-5-3-12(4-6-16)7-9(17)8-13-2-1-11-10(13)14(18)19;/h1-2,9,15-17H,3-8H2;1H. The smallest absolute Gasteiger partial charge is 0.395 e. The van der Waals surface area contributed by atoms with Crippen molar-refractivity contribution in [2.75, 3.05) is 32.8 Å². The summed E-state index contributed by atoms with van der Waals surface area (Å²) in [5.41, 5.74) is 0. The van der Waals surface area contributed by atoms with Crippen LogP contribution in [0.15, 0.2) is 12.4 Å². The first-order chi connectivity index (χ1) is 9.08. The van der Waals surface area contributed by atoms with Crippen molar-refractivity contribution in [2.24, 2.45) is 0 Å². The van der Waals surface area contributed by atoms with Crippen molar-refractivity contribution in [1.82, 2.24) is 14.5 Å². The molecular formula is C10H19ClN4O5. The van der Waals surface area contributed by atoms with Gasteiger partial charge in [-0.2, -0.15) is 0 Å². The number of rotatable bonds is 9. The lowest BCUT2D eigenvalue weighted by Gasteiger charge is -2.22. The summed E-state index contributed by atoms with van der Waals surface area (Å²) in [7, 11) is 0. The highest BCUT2D eigenvalue weighted by Gasteiger charge is 2.19. The maximum atomic E-state index is 10.7. The molecular weight excluding hydrogens is 292 g/mol. The molecule has 0 aromatic carbocycles. The van der Waals surface area contributed by atoms with E-state index in [2.05, 4.69) is 4.98 Å². The first-order valence-corrected chi connectivity index (χ1v) is 5.86. The molecule has 0 fully saturated rings. The zero-order valence-electron chi connectivity index (χ0n) is 10.8. The third-order valence-corrected chi connectivity index (χ3v) is 2.57. The average molecular weight is 311 g/mol. The van der Waals surface area contributed by atoms with Crippen LogP contribution in [0.25, 0.3) is 0 Å². The molecule has 20 heavy (non-hydrogen) atoms. The van der Waals surface area contributed by atoms with Crippen molar-refractivity contribution < 1.29 is 20.2 Å². The van der Waals surface area contributed by atoms with Crippen LogP contribution in [0.3, 0.4) is 0 Å². The first-order valence-electron chi connectivity index (χ1n) is 5.86. The lowest BCUT2D eigenvalue weighted by molar-refractivity contribution is -0.397. The number of hydrogen-bond acceptors (Lipinski definition) is 7. The molecule has 1 rings (SSSR count). The number of hydrogen-bond donors (Lipinski definition) is 3. The fraction of sp³-hybridized carbons (Fsp3) is 0.700. The summed E-state index contributed by atoms with van der Waals surface area (Å²) in [6.45, 7) is 0.712. The second-order valence-electron chi connectivity index (χ2n) is 4.04. The number of aromatic nitrogens is 2. The van der Waals surface area contributed by atoms with Gasteiger partial charge in [0.05, 0.1) is 25.9 Å². The minimum Gasteiger partial charge on any atom is -0.395 e. The van der Waals surface area contributed by atoms with E-state index in [0.717, 1.165) is 0 Å². The van der Waals surface area contributed by atoms with E-state index in [1.165, 1.54) is 17.0 Å². The van der Waals surface area contributed by atoms with E-state index in [0.29, 0.717) is 13.1 Å². The van der Waals surface area contributed by atoms with Gasteiger partial charge in [-0.05, 0) is 4.92 Å². The van der Waals surface area contributed by atoms with Crippen LogP contribution in [0.5, 0.6) is 0 Å². The third kappa shape index (κ3) is 5.80. The second-order valence-corrected chi connectivity index (χ2v) is 4.04. The maximum Gasteiger partial charge on any atom is 0.434 e. The van der Waals surface area contributed by atoms with Crippen LogP contribution in [-0.4, -0.2) is 73.6 Å². The highest BCUT2D eigenvalue weighted by atomic mass is 35.5. The minimum atomic E-state index is -0.856. The molecule has 0 aliphatic rings. The van der Waals surface area contributed by atoms with Gasteiger partial charge in [-0.15, -0.1) is 12.4 Å². The Morgan fingerprint density at radius 3 is 2.50 bits per heavy atom. The lowest BCUT2D eigenvalue weighted by Crippen LogP contribution is -2.38. The Morgan fingerprint density at radius 1 is 1.40 bits per heavy atom. The summed E-state index contributed by atoms with van der Waals surface area (Å²) in [6, 6.07) is 0. The molecule has 116 valence electrons. The van der Waals surface area contributed by atoms with Crippen molar-refractivity contribution in [2.45, 2.75) is 12.6 Å². The van der Waals surface area contributed by atoms with Crippen LogP contribution >= 0.6 is 12.4 Å². The molecule has 1 heterocycles. The molecule has 1 aromatic rings. The van der Waals surface area contributed by atoms with Crippen LogP contribution in [0.2, 0.25) is 0 Å². The Morgan fingerprint density at radius 2 is 2.00 bits per heavy atom. The molecule has 0 saturated heterocycles. The van der Waals surface area contributed by atoms with Crippen LogP contribution in [0, 0.1) is 10.1 Å². The van der Waals surface area contributed by atoms with Crippen LogP contribution in [0.4, 0.5) is 5.95 Å². The molecule has 1 unspecified atom stereocenters. The highest BCUT2D eigenvalue weighted by Crippen LogP contribution is 2.08. The van der Waals surface area contributed by atoms with Gasteiger partial charge in [0.25, 0.3) is 0 Å². The zero-order valence-corrected chi connectivity index (χ0v) is 11.6. The van der Waals surface area contributed by atoms with Gasteiger partial charge in [0.1, 0.15) is 12.4 Å². The van der Waals surface area contributed by atoms with Crippen LogP contribution in [-0.2, 0) is 6.54 Å². The number of nitro groups is 1. The van der Waals surface area contributed by atoms with Crippen LogP contribution in [0.1, 0.15) is 0 Å². The van der Waals surface area contributed by atoms with E-state index in [4.69, 9.17) is 10.2 Å². The Hall–Kier alpha value is -1.26. The average Bonchev–Trinajstić information content (AvgIpc) is 2.77. The van der Waals surface area contributed by atoms with E-state index in [-0.39, 0.29) is 44.7 Å². The van der Waals surface area contributed by atoms with Crippen molar-refractivity contribution >= 4 is 18.4 Å². The van der Waals surface area contributed by atoms with Crippen molar-refractivity contribution in [3.05, 3.63) is 22.5 Å². The van der Waals surface area contributed by atoms with E-state index >= 15 is 0 Å². The summed E-state index contributed by atoms with van der Waals surface area (Å²) in [5.74, 6) is -0.324. The predicted molar refractivity (Wildman–Crippen MR) is 72.7 cm³/mol. The van der Waals surface area contributed by atoms with Gasteiger partial charge in [0, 0.05) is 19.6 Å². The molecule has 0 aliphatic heterocycles. The Balaban J connectivity index is 0.00000361. The molecule has 10 heteroatoms. The molecule has 0 saturated carbocycles. The SMILES string of the molecule is Cl.O=[N+]([O-])c1nccn1CC(O)CN(CCO)CCO. The maximum absolute atomic E-state index is 10.7. The molecule has 3 N–H and O–H groups in total. The molecule has 0 spiro atoms. The molecule has 0 amide bonds. The molecule has 1 atom stereocenters. The molecule has 0 radical (unpaired) electrons. The van der Waals surface area contributed by atoms with E-state index in [1.807, 2.05) is 0 Å². The molecule has 0 aliphatic carbocycles. The number of aliphatic hydroxyl groups is 3. The highest BCUT2D eigenvalue weighted by molar-refractivity contribution is 5.85. The van der Waals surface area contributed by atoms with Crippen molar-refractivity contribution in [1.29, 1.82) is 0 Å². The van der Waals surface area contributed by atoms with E-state index in [9.17, 15) is 15.2 Å². The minimum absolute atomic E-state index is 0. The van der Waals surface area contributed by atoms with Gasteiger partial charge in [-0.1, -0.05) is 4.98 Å². The van der Waals surface area contributed by atoms with Gasteiger partial charge < -0.3 is 25.4 Å². The van der Waals surface area contributed by atoms with Gasteiger partial charge in [0.2, 0.25) is 0 Å². The first kappa shape index (κ1) is 18.7. The molecule has 1 aromatic heterocycles. The summed E-state index contributed by atoms with van der Waals surface area (Å²) >= 11 is 0. The molecule has 9 nitrogen and oxygen atoms in total. The Bertz CT molecular complexity index is 397. The zero-order chi connectivity index (χ0) is 14.3. The summed E-state index contributed by atoms with van der Waals surface area (Å²) in [4.78, 5) is 15.3. The van der Waals surface area contributed by atoms with Gasteiger partial charge >= 0.3 is 5.95 Å². The topological polar surface area (TPSA) is 125 Å². The predicted octanol–water partition coefficient (Wildman–Crippen LogP) is -1.14. The fourth-order valence-corrected chi connectivity index (χ4v) is 1.78. The van der Waals surface area contributed by atoms with Crippen molar-refractivity contribution in [3.63, 3.8) is 0 Å². The van der Waals surface area contributed by atoms with E-state index < -0.39 is 11.0 Å². The number of nitrogens with zero attached hydrogens (tertiary/aromatic N) is 4. The molecule has 0 bridgehead atoms. The largest absolute Gasteiger partial charge is 0.434 e. The van der Waals surface area contributed by atoms with Crippen LogP contribution < -0.4 is 0 Å². The monoisotopic (exact) mass is 310 g/mol. The van der Waals surface area contributed by atoms with Gasteiger partial charge in [0.15, 0.2) is 0 Å². The summed E-state index contributed by atoms with van der Waals surface area (Å²) in [5, 5.41) is 38.2. The van der Waals surface area contributed by atoms with Crippen molar-refractivity contribution in [3.8, 4) is 0 Å². The fourth-order valence-electron chi connectivity index (χ4n) is 1.78. The summed E-state index contributed by atoms with van der Waals surface area (Å²) in [6.07, 6.45) is 1.86. The lowest BCUT2D eigenvalue weighted by atomic mass is 10.3. The second kappa shape index (κ2) is 9.61. The Kier molecular flexibility index (Phi) is 9.01.